The number of furan rings is 1. The fourth-order valence-corrected chi connectivity index (χ4v) is 6.67. The van der Waals surface area contributed by atoms with Crippen molar-refractivity contribution in [2.24, 2.45) is 0 Å². The van der Waals surface area contributed by atoms with Gasteiger partial charge in [-0.25, -0.2) is 0 Å². The van der Waals surface area contributed by atoms with Crippen molar-refractivity contribution in [2.45, 2.75) is 25.7 Å². The molecule has 2 aliphatic rings. The lowest BCUT2D eigenvalue weighted by atomic mass is 9.94. The second kappa shape index (κ2) is 8.70. The number of fused-ring (bicyclic) bond motifs is 8. The molecule has 3 heterocycles. The van der Waals surface area contributed by atoms with Gasteiger partial charge in [0.1, 0.15) is 16.7 Å². The first-order valence-corrected chi connectivity index (χ1v) is 14.3. The molecule has 0 saturated heterocycles. The predicted molar refractivity (Wildman–Crippen MR) is 167 cm³/mol. The molecule has 9 rings (SSSR count). The number of hydrogen-bond donors (Lipinski definition) is 0. The Kier molecular flexibility index (Phi) is 4.82. The topological polar surface area (TPSA) is 44.1 Å². The maximum Gasteiger partial charge on any atom is 0.307 e. The van der Waals surface area contributed by atoms with Gasteiger partial charge in [-0.1, -0.05) is 91.0 Å². The Morgan fingerprint density at radius 2 is 1.54 bits per heavy atom. The number of aromatic nitrogens is 2. The van der Waals surface area contributed by atoms with Crippen molar-refractivity contribution in [3.8, 4) is 17.1 Å². The first kappa shape index (κ1) is 22.7. The number of oxazole rings is 1. The molecule has 0 bridgehead atoms. The molecule has 0 spiro atoms. The first-order chi connectivity index (χ1) is 20.3. The second-order valence-electron chi connectivity index (χ2n) is 11.0. The van der Waals surface area contributed by atoms with Gasteiger partial charge in [0.2, 0.25) is 0 Å². The van der Waals surface area contributed by atoms with Crippen molar-refractivity contribution in [2.75, 3.05) is 0 Å². The third-order valence-corrected chi connectivity index (χ3v) is 8.61. The van der Waals surface area contributed by atoms with Crippen LogP contribution in [0.2, 0.25) is 0 Å². The molecule has 0 fully saturated rings. The number of para-hydroxylation sites is 2. The monoisotopic (exact) mass is 530 g/mol. The second-order valence-corrected chi connectivity index (χ2v) is 11.0. The van der Waals surface area contributed by atoms with Gasteiger partial charge in [0.25, 0.3) is 0 Å². The lowest BCUT2D eigenvalue weighted by molar-refractivity contribution is 0.565. The SMILES string of the molecule is C1=CCCC(c2ccc(-c3cc4nc(-n5c6c(c7ccccc75)C=CCC6)oc4c4c3oc3ccccc34)cc2)=C1. The summed E-state index contributed by atoms with van der Waals surface area (Å²) in [6, 6.07) is 28.3. The van der Waals surface area contributed by atoms with E-state index in [0.717, 1.165) is 75.4 Å². The highest BCUT2D eigenvalue weighted by atomic mass is 16.4. The molecule has 4 aromatic carbocycles. The molecule has 41 heavy (non-hydrogen) atoms. The molecule has 4 heteroatoms. The third-order valence-electron chi connectivity index (χ3n) is 8.61. The van der Waals surface area contributed by atoms with Crippen LogP contribution in [0.5, 0.6) is 0 Å². The number of benzene rings is 4. The van der Waals surface area contributed by atoms with Crippen LogP contribution in [0.4, 0.5) is 0 Å². The van der Waals surface area contributed by atoms with E-state index in [2.05, 4.69) is 102 Å². The predicted octanol–water partition coefficient (Wildman–Crippen LogP) is 10.0. The molecule has 3 aromatic heterocycles. The minimum absolute atomic E-state index is 0.601. The molecular formula is C37H26N2O2. The van der Waals surface area contributed by atoms with Crippen LogP contribution >= 0.6 is 0 Å². The van der Waals surface area contributed by atoms with Crippen LogP contribution in [0.1, 0.15) is 36.1 Å². The molecule has 196 valence electrons. The largest absolute Gasteiger partial charge is 0.455 e. The summed E-state index contributed by atoms with van der Waals surface area (Å²) in [5, 5.41) is 3.24. The van der Waals surface area contributed by atoms with Crippen LogP contribution in [0, 0.1) is 0 Å². The Labute approximate surface area is 236 Å². The van der Waals surface area contributed by atoms with Crippen molar-refractivity contribution in [1.29, 1.82) is 0 Å². The fraction of sp³-hybridized carbons (Fsp3) is 0.108. The van der Waals surface area contributed by atoms with E-state index in [4.69, 9.17) is 13.8 Å². The zero-order valence-electron chi connectivity index (χ0n) is 22.4. The van der Waals surface area contributed by atoms with Crippen molar-refractivity contribution in [3.63, 3.8) is 0 Å². The minimum atomic E-state index is 0.601. The maximum absolute atomic E-state index is 6.71. The van der Waals surface area contributed by atoms with Crippen molar-refractivity contribution >= 4 is 55.6 Å². The first-order valence-electron chi connectivity index (χ1n) is 14.3. The van der Waals surface area contributed by atoms with Crippen LogP contribution in [0.3, 0.4) is 0 Å². The standard InChI is InChI=1S/C37H26N2O2/c1-2-10-23(11-3-1)24-18-20-25(21-19-24)29-22-30-36(34-28-14-6-9-17-33(28)40-35(29)34)41-37(38-30)39-31-15-7-4-12-26(31)27-13-5-8-16-32(27)39/h1-2,4-7,9-10,12-15,17-22H,3,8,11,16H2. The van der Waals surface area contributed by atoms with Crippen LogP contribution in [0.15, 0.2) is 112 Å². The molecule has 0 radical (unpaired) electrons. The number of nitrogens with zero attached hydrogens (tertiary/aromatic N) is 2. The molecule has 0 N–H and O–H groups in total. The van der Waals surface area contributed by atoms with Gasteiger partial charge in [-0.2, -0.15) is 4.98 Å². The summed E-state index contributed by atoms with van der Waals surface area (Å²) in [5.41, 5.74) is 11.7. The molecule has 0 atom stereocenters. The zero-order chi connectivity index (χ0) is 26.9. The van der Waals surface area contributed by atoms with Gasteiger partial charge in [0.15, 0.2) is 5.58 Å². The molecule has 0 saturated carbocycles. The van der Waals surface area contributed by atoms with E-state index >= 15 is 0 Å². The van der Waals surface area contributed by atoms with Gasteiger partial charge in [-0.05, 0) is 60.6 Å². The lowest BCUT2D eigenvalue weighted by Crippen LogP contribution is -2.03. The lowest BCUT2D eigenvalue weighted by Gasteiger charge is -2.10. The zero-order valence-corrected chi connectivity index (χ0v) is 22.4. The van der Waals surface area contributed by atoms with E-state index in [1.807, 2.05) is 12.1 Å². The highest BCUT2D eigenvalue weighted by Gasteiger charge is 2.24. The van der Waals surface area contributed by atoms with Crippen LogP contribution in [-0.2, 0) is 6.42 Å². The van der Waals surface area contributed by atoms with Crippen LogP contribution < -0.4 is 0 Å². The van der Waals surface area contributed by atoms with Gasteiger partial charge in [0, 0.05) is 27.6 Å². The summed E-state index contributed by atoms with van der Waals surface area (Å²) < 4.78 is 15.5. The van der Waals surface area contributed by atoms with Crippen molar-refractivity contribution in [3.05, 3.63) is 120 Å². The summed E-state index contributed by atoms with van der Waals surface area (Å²) in [5.74, 6) is 0. The molecular weight excluding hydrogens is 504 g/mol. The van der Waals surface area contributed by atoms with Crippen LogP contribution in [0.25, 0.3) is 72.7 Å². The molecule has 0 aliphatic heterocycles. The Balaban J connectivity index is 1.30. The van der Waals surface area contributed by atoms with Crippen molar-refractivity contribution < 1.29 is 8.83 Å². The minimum Gasteiger partial charge on any atom is -0.455 e. The van der Waals surface area contributed by atoms with E-state index in [1.54, 1.807) is 0 Å². The normalized spacial score (nSPS) is 14.9. The Bertz CT molecular complexity index is 2250. The van der Waals surface area contributed by atoms with Gasteiger partial charge in [0.05, 0.1) is 10.9 Å². The van der Waals surface area contributed by atoms with E-state index in [0.29, 0.717) is 6.01 Å². The maximum atomic E-state index is 6.71. The molecule has 4 nitrogen and oxygen atoms in total. The molecule has 2 aliphatic carbocycles. The summed E-state index contributed by atoms with van der Waals surface area (Å²) in [6.07, 6.45) is 15.2. The third kappa shape index (κ3) is 3.37. The highest BCUT2D eigenvalue weighted by Crippen LogP contribution is 2.43. The van der Waals surface area contributed by atoms with Gasteiger partial charge in [-0.15, -0.1) is 0 Å². The number of rotatable bonds is 3. The van der Waals surface area contributed by atoms with Gasteiger partial charge < -0.3 is 8.83 Å². The smallest absolute Gasteiger partial charge is 0.307 e. The summed E-state index contributed by atoms with van der Waals surface area (Å²) in [7, 11) is 0. The summed E-state index contributed by atoms with van der Waals surface area (Å²) in [4.78, 5) is 5.14. The summed E-state index contributed by atoms with van der Waals surface area (Å²) in [6.45, 7) is 0. The van der Waals surface area contributed by atoms with E-state index in [-0.39, 0.29) is 0 Å². The molecule has 0 amide bonds. The van der Waals surface area contributed by atoms with Gasteiger partial charge in [-0.3, -0.25) is 4.57 Å². The van der Waals surface area contributed by atoms with Crippen LogP contribution in [-0.4, -0.2) is 9.55 Å². The highest BCUT2D eigenvalue weighted by molar-refractivity contribution is 6.20. The van der Waals surface area contributed by atoms with Gasteiger partial charge >= 0.3 is 6.01 Å². The van der Waals surface area contributed by atoms with E-state index < -0.39 is 0 Å². The Morgan fingerprint density at radius 3 is 2.41 bits per heavy atom. The summed E-state index contributed by atoms with van der Waals surface area (Å²) >= 11 is 0. The number of allylic oxidation sites excluding steroid dienone is 5. The Hall–Kier alpha value is -5.09. The average molecular weight is 531 g/mol. The van der Waals surface area contributed by atoms with E-state index in [9.17, 15) is 0 Å². The van der Waals surface area contributed by atoms with Crippen molar-refractivity contribution in [1.82, 2.24) is 9.55 Å². The molecule has 7 aromatic rings. The average Bonchev–Trinajstić information content (AvgIpc) is 3.72. The van der Waals surface area contributed by atoms with E-state index in [1.165, 1.54) is 27.8 Å². The molecule has 0 unspecified atom stereocenters. The quantitative estimate of drug-likeness (QED) is 0.228. The Morgan fingerprint density at radius 1 is 0.732 bits per heavy atom. The fourth-order valence-electron chi connectivity index (χ4n) is 6.67. The number of hydrogen-bond acceptors (Lipinski definition) is 3.